The standard InChI is InChI=1S/C34H48N2O4S/c1-9-10-11-12-19-40-32-18-17-29(22-33(32)39-8)35-27-13-15-28(16-14-27)36-41(37,38)34-30(24(4)5)20-26(23(2)3)21-31(34)25(6)7/h13-18,20-25,35-36H,9-12,19H2,1-8H3. The Labute approximate surface area is 247 Å². The fourth-order valence-electron chi connectivity index (χ4n) is 4.77. The SMILES string of the molecule is CCCCCCOc1ccc(Nc2ccc(NS(=O)(=O)c3c(C(C)C)cc(C(C)C)cc3C(C)C)cc2)cc1OC. The fraction of sp³-hybridized carbons (Fsp3) is 0.471. The van der Waals surface area contributed by atoms with Crippen molar-refractivity contribution in [1.29, 1.82) is 0 Å². The second-order valence-electron chi connectivity index (χ2n) is 11.6. The largest absolute Gasteiger partial charge is 0.493 e. The zero-order chi connectivity index (χ0) is 30.2. The van der Waals surface area contributed by atoms with E-state index in [4.69, 9.17) is 9.47 Å². The zero-order valence-electron chi connectivity index (χ0n) is 26.0. The number of unbranched alkanes of at least 4 members (excludes halogenated alkanes) is 3. The van der Waals surface area contributed by atoms with Crippen molar-refractivity contribution in [1.82, 2.24) is 0 Å². The lowest BCUT2D eigenvalue weighted by atomic mass is 9.89. The van der Waals surface area contributed by atoms with Gasteiger partial charge in [-0.2, -0.15) is 0 Å². The van der Waals surface area contributed by atoms with Gasteiger partial charge < -0.3 is 14.8 Å². The summed E-state index contributed by atoms with van der Waals surface area (Å²) in [6.07, 6.45) is 4.59. The molecule has 0 aliphatic heterocycles. The van der Waals surface area contributed by atoms with E-state index in [1.165, 1.54) is 12.8 Å². The number of nitrogens with one attached hydrogen (secondary N) is 2. The Hall–Kier alpha value is -3.19. The van der Waals surface area contributed by atoms with E-state index in [1.807, 2.05) is 58.0 Å². The van der Waals surface area contributed by atoms with Crippen LogP contribution >= 0.6 is 0 Å². The molecule has 0 unspecified atom stereocenters. The molecule has 3 rings (SSSR count). The van der Waals surface area contributed by atoms with Crippen LogP contribution in [0.25, 0.3) is 0 Å². The first-order valence-corrected chi connectivity index (χ1v) is 16.3. The number of hydrogen-bond acceptors (Lipinski definition) is 5. The highest BCUT2D eigenvalue weighted by molar-refractivity contribution is 7.92. The summed E-state index contributed by atoms with van der Waals surface area (Å²) in [5.41, 5.74) is 5.06. The first kappa shape index (κ1) is 32.3. The molecule has 0 spiro atoms. The molecule has 6 nitrogen and oxygen atoms in total. The maximum Gasteiger partial charge on any atom is 0.262 e. The van der Waals surface area contributed by atoms with E-state index in [0.29, 0.717) is 28.9 Å². The Bertz CT molecular complexity index is 1350. The van der Waals surface area contributed by atoms with Gasteiger partial charge in [-0.15, -0.1) is 0 Å². The quantitative estimate of drug-likeness (QED) is 0.175. The average molecular weight is 581 g/mol. The van der Waals surface area contributed by atoms with Gasteiger partial charge in [-0.05, 0) is 77.3 Å². The third kappa shape index (κ3) is 8.65. The van der Waals surface area contributed by atoms with Crippen LogP contribution in [0.5, 0.6) is 11.5 Å². The number of sulfonamides is 1. The Morgan fingerprint density at radius 3 is 1.83 bits per heavy atom. The van der Waals surface area contributed by atoms with Crippen LogP contribution in [-0.4, -0.2) is 22.1 Å². The molecule has 0 radical (unpaired) electrons. The second kappa shape index (κ2) is 14.6. The molecule has 0 heterocycles. The van der Waals surface area contributed by atoms with E-state index in [-0.39, 0.29) is 11.8 Å². The summed E-state index contributed by atoms with van der Waals surface area (Å²) in [4.78, 5) is 0.397. The van der Waals surface area contributed by atoms with Gasteiger partial charge >= 0.3 is 0 Å². The van der Waals surface area contributed by atoms with Crippen LogP contribution in [0.3, 0.4) is 0 Å². The van der Waals surface area contributed by atoms with Gasteiger partial charge in [-0.25, -0.2) is 8.42 Å². The van der Waals surface area contributed by atoms with Crippen molar-refractivity contribution in [2.24, 2.45) is 0 Å². The summed E-state index contributed by atoms with van der Waals surface area (Å²) < 4.78 is 41.9. The maximum atomic E-state index is 13.8. The molecule has 224 valence electrons. The third-order valence-corrected chi connectivity index (χ3v) is 8.71. The average Bonchev–Trinajstić information content (AvgIpc) is 2.93. The lowest BCUT2D eigenvalue weighted by molar-refractivity contribution is 0.285. The minimum Gasteiger partial charge on any atom is -0.493 e. The molecule has 0 atom stereocenters. The first-order valence-electron chi connectivity index (χ1n) is 14.8. The Balaban J connectivity index is 1.78. The smallest absolute Gasteiger partial charge is 0.262 e. The van der Waals surface area contributed by atoms with Crippen molar-refractivity contribution in [3.63, 3.8) is 0 Å². The van der Waals surface area contributed by atoms with Gasteiger partial charge in [-0.3, -0.25) is 4.72 Å². The molecule has 41 heavy (non-hydrogen) atoms. The molecule has 2 N–H and O–H groups in total. The number of benzene rings is 3. The fourth-order valence-corrected chi connectivity index (χ4v) is 6.53. The summed E-state index contributed by atoms with van der Waals surface area (Å²) in [5, 5.41) is 3.36. The zero-order valence-corrected chi connectivity index (χ0v) is 26.8. The molecule has 3 aromatic rings. The first-order chi connectivity index (χ1) is 19.5. The normalized spacial score (nSPS) is 11.8. The van der Waals surface area contributed by atoms with Crippen LogP contribution in [0, 0.1) is 0 Å². The van der Waals surface area contributed by atoms with Crippen LogP contribution in [0.1, 0.15) is 109 Å². The number of rotatable bonds is 15. The number of methoxy groups -OCH3 is 1. The van der Waals surface area contributed by atoms with E-state index in [2.05, 4.69) is 42.9 Å². The Kier molecular flexibility index (Phi) is 11.5. The molecule has 0 fully saturated rings. The van der Waals surface area contributed by atoms with Gasteiger partial charge in [0.2, 0.25) is 0 Å². The lowest BCUT2D eigenvalue weighted by Crippen LogP contribution is -2.19. The maximum absolute atomic E-state index is 13.8. The molecule has 3 aromatic carbocycles. The number of ether oxygens (including phenoxy) is 2. The molecule has 7 heteroatoms. The van der Waals surface area contributed by atoms with Crippen LogP contribution in [0.2, 0.25) is 0 Å². The van der Waals surface area contributed by atoms with Gasteiger partial charge in [0.1, 0.15) is 0 Å². The summed E-state index contributed by atoms with van der Waals surface area (Å²) in [7, 11) is -2.17. The highest BCUT2D eigenvalue weighted by Crippen LogP contribution is 2.36. The van der Waals surface area contributed by atoms with E-state index in [0.717, 1.165) is 46.7 Å². The van der Waals surface area contributed by atoms with Crippen molar-refractivity contribution in [2.45, 2.75) is 96.8 Å². The molecular weight excluding hydrogens is 532 g/mol. The van der Waals surface area contributed by atoms with Crippen molar-refractivity contribution in [2.75, 3.05) is 23.8 Å². The highest BCUT2D eigenvalue weighted by atomic mass is 32.2. The van der Waals surface area contributed by atoms with Crippen LogP contribution in [0.4, 0.5) is 17.1 Å². The van der Waals surface area contributed by atoms with E-state index in [1.54, 1.807) is 19.2 Å². The molecular formula is C34H48N2O4S. The van der Waals surface area contributed by atoms with Gasteiger partial charge in [-0.1, -0.05) is 79.9 Å². The van der Waals surface area contributed by atoms with Gasteiger partial charge in [0, 0.05) is 23.1 Å². The minimum atomic E-state index is -3.81. The Morgan fingerprint density at radius 1 is 0.707 bits per heavy atom. The number of anilines is 3. The van der Waals surface area contributed by atoms with E-state index < -0.39 is 10.0 Å². The molecule has 0 aliphatic rings. The van der Waals surface area contributed by atoms with Crippen molar-refractivity contribution in [3.8, 4) is 11.5 Å². The predicted octanol–water partition coefficient (Wildman–Crippen LogP) is 9.57. The summed E-state index contributed by atoms with van der Waals surface area (Å²) >= 11 is 0. The van der Waals surface area contributed by atoms with E-state index in [9.17, 15) is 8.42 Å². The van der Waals surface area contributed by atoms with Crippen LogP contribution in [0.15, 0.2) is 59.5 Å². The second-order valence-corrected chi connectivity index (χ2v) is 13.2. The van der Waals surface area contributed by atoms with Crippen LogP contribution in [-0.2, 0) is 10.0 Å². The van der Waals surface area contributed by atoms with E-state index >= 15 is 0 Å². The molecule has 0 aliphatic carbocycles. The van der Waals surface area contributed by atoms with Gasteiger partial charge in [0.15, 0.2) is 11.5 Å². The molecule has 0 aromatic heterocycles. The summed E-state index contributed by atoms with van der Waals surface area (Å²) in [6.45, 7) is 15.3. The minimum absolute atomic E-state index is 0.0687. The lowest BCUT2D eigenvalue weighted by Gasteiger charge is -2.23. The molecule has 0 saturated carbocycles. The van der Waals surface area contributed by atoms with Gasteiger partial charge in [0.05, 0.1) is 18.6 Å². The van der Waals surface area contributed by atoms with Gasteiger partial charge in [0.25, 0.3) is 10.0 Å². The summed E-state index contributed by atoms with van der Waals surface area (Å²) in [6, 6.07) is 17.1. The Morgan fingerprint density at radius 2 is 1.29 bits per heavy atom. The molecule has 0 amide bonds. The monoisotopic (exact) mass is 580 g/mol. The number of hydrogen-bond donors (Lipinski definition) is 2. The van der Waals surface area contributed by atoms with Crippen LogP contribution < -0.4 is 19.5 Å². The molecule has 0 bridgehead atoms. The highest BCUT2D eigenvalue weighted by Gasteiger charge is 2.27. The van der Waals surface area contributed by atoms with Crippen molar-refractivity contribution >= 4 is 27.1 Å². The molecule has 0 saturated heterocycles. The van der Waals surface area contributed by atoms with Crippen molar-refractivity contribution < 1.29 is 17.9 Å². The predicted molar refractivity (Wildman–Crippen MR) is 172 cm³/mol. The third-order valence-electron chi connectivity index (χ3n) is 7.19. The van der Waals surface area contributed by atoms with Crippen molar-refractivity contribution in [3.05, 3.63) is 71.3 Å². The summed E-state index contributed by atoms with van der Waals surface area (Å²) in [5.74, 6) is 1.84. The topological polar surface area (TPSA) is 76.7 Å².